The van der Waals surface area contributed by atoms with Crippen molar-refractivity contribution in [1.82, 2.24) is 15.5 Å². The van der Waals surface area contributed by atoms with Crippen LogP contribution in [0.25, 0.3) is 0 Å². The number of hydrogen-bond donors (Lipinski definition) is 1. The number of ether oxygens (including phenoxy) is 1. The highest BCUT2D eigenvalue weighted by Crippen LogP contribution is 2.24. The number of nitrogens with one attached hydrogen (secondary N) is 1. The van der Waals surface area contributed by atoms with Crippen LogP contribution in [0.3, 0.4) is 0 Å². The van der Waals surface area contributed by atoms with Gasteiger partial charge in [-0.25, -0.2) is 0 Å². The molecular formula is C16H20N4O2. The Balaban J connectivity index is 2.11. The number of amides is 1. The molecule has 2 aromatic rings. The molecule has 0 spiro atoms. The summed E-state index contributed by atoms with van der Waals surface area (Å²) in [4.78, 5) is 14.1. The highest BCUT2D eigenvalue weighted by molar-refractivity contribution is 5.92. The highest BCUT2D eigenvalue weighted by Gasteiger charge is 2.16. The normalized spacial score (nSPS) is 11.6. The molecule has 22 heavy (non-hydrogen) atoms. The van der Waals surface area contributed by atoms with Crippen LogP contribution in [-0.2, 0) is 0 Å². The second-order valence-electron chi connectivity index (χ2n) is 5.11. The minimum absolute atomic E-state index is 0.195. The minimum atomic E-state index is -0.267. The maximum absolute atomic E-state index is 12.2. The molecule has 1 heterocycles. The molecule has 1 N–H and O–H groups in total. The minimum Gasteiger partial charge on any atom is -0.496 e. The van der Waals surface area contributed by atoms with Gasteiger partial charge in [0.1, 0.15) is 5.75 Å². The third kappa shape index (κ3) is 3.52. The van der Waals surface area contributed by atoms with Crippen LogP contribution in [0.2, 0.25) is 0 Å². The average molecular weight is 300 g/mol. The summed E-state index contributed by atoms with van der Waals surface area (Å²) in [5.74, 6) is 1.18. The predicted molar refractivity (Wildman–Crippen MR) is 85.2 cm³/mol. The van der Waals surface area contributed by atoms with Gasteiger partial charge in [-0.2, -0.15) is 0 Å². The van der Waals surface area contributed by atoms with Crippen LogP contribution < -0.4 is 15.0 Å². The molecule has 0 fully saturated rings. The zero-order chi connectivity index (χ0) is 16.1. The van der Waals surface area contributed by atoms with E-state index in [4.69, 9.17) is 4.74 Å². The van der Waals surface area contributed by atoms with Crippen molar-refractivity contribution >= 4 is 11.7 Å². The molecule has 6 heteroatoms. The van der Waals surface area contributed by atoms with E-state index in [1.807, 2.05) is 50.2 Å². The standard InChI is InChI=1S/C16H20N4O2/c1-11(12-7-5-6-8-14(12)22-4)17-16(21)13-9-10-15(19-18-13)20(2)3/h5-11H,1-4H3,(H,17,21). The third-order valence-corrected chi connectivity index (χ3v) is 3.29. The monoisotopic (exact) mass is 300 g/mol. The summed E-state index contributed by atoms with van der Waals surface area (Å²) in [6.45, 7) is 1.90. The SMILES string of the molecule is COc1ccccc1C(C)NC(=O)c1ccc(N(C)C)nn1. The lowest BCUT2D eigenvalue weighted by atomic mass is 10.1. The Hall–Kier alpha value is -2.63. The topological polar surface area (TPSA) is 67.3 Å². The zero-order valence-corrected chi connectivity index (χ0v) is 13.2. The van der Waals surface area contributed by atoms with Gasteiger partial charge in [0.25, 0.3) is 5.91 Å². The number of carbonyl (C=O) groups excluding carboxylic acids is 1. The molecule has 2 rings (SSSR count). The number of rotatable bonds is 5. The number of methoxy groups -OCH3 is 1. The summed E-state index contributed by atoms with van der Waals surface area (Å²) in [5, 5.41) is 10.9. The Bertz CT molecular complexity index is 641. The molecule has 1 amide bonds. The number of para-hydroxylation sites is 1. The van der Waals surface area contributed by atoms with Crippen LogP contribution in [-0.4, -0.2) is 37.3 Å². The lowest BCUT2D eigenvalue weighted by Crippen LogP contribution is -2.28. The molecule has 0 saturated heterocycles. The molecule has 0 saturated carbocycles. The first-order chi connectivity index (χ1) is 10.5. The van der Waals surface area contributed by atoms with Crippen molar-refractivity contribution in [1.29, 1.82) is 0 Å². The maximum atomic E-state index is 12.2. The Labute approximate surface area is 130 Å². The van der Waals surface area contributed by atoms with E-state index in [9.17, 15) is 4.79 Å². The van der Waals surface area contributed by atoms with Gasteiger partial charge in [-0.15, -0.1) is 10.2 Å². The van der Waals surface area contributed by atoms with Crippen LogP contribution in [0.15, 0.2) is 36.4 Å². The molecule has 116 valence electrons. The van der Waals surface area contributed by atoms with Crippen LogP contribution >= 0.6 is 0 Å². The first-order valence-electron chi connectivity index (χ1n) is 6.97. The molecule has 0 aliphatic rings. The summed E-state index contributed by atoms with van der Waals surface area (Å²) in [6.07, 6.45) is 0. The first-order valence-corrected chi connectivity index (χ1v) is 6.97. The molecule has 6 nitrogen and oxygen atoms in total. The van der Waals surface area contributed by atoms with Crippen molar-refractivity contribution < 1.29 is 9.53 Å². The van der Waals surface area contributed by atoms with Crippen molar-refractivity contribution in [2.75, 3.05) is 26.1 Å². The van der Waals surface area contributed by atoms with Crippen LogP contribution in [0.4, 0.5) is 5.82 Å². The van der Waals surface area contributed by atoms with Gasteiger partial charge in [-0.1, -0.05) is 18.2 Å². The van der Waals surface area contributed by atoms with Gasteiger partial charge in [0.2, 0.25) is 0 Å². The smallest absolute Gasteiger partial charge is 0.272 e. The van der Waals surface area contributed by atoms with Crippen molar-refractivity contribution in [3.8, 4) is 5.75 Å². The van der Waals surface area contributed by atoms with Gasteiger partial charge in [-0.3, -0.25) is 4.79 Å². The molecule has 1 atom stereocenters. The fourth-order valence-electron chi connectivity index (χ4n) is 2.06. The largest absolute Gasteiger partial charge is 0.496 e. The zero-order valence-electron chi connectivity index (χ0n) is 13.2. The summed E-state index contributed by atoms with van der Waals surface area (Å²) in [6, 6.07) is 10.8. The number of carbonyl (C=O) groups is 1. The Morgan fingerprint density at radius 2 is 1.91 bits per heavy atom. The van der Waals surface area contributed by atoms with Gasteiger partial charge in [0, 0.05) is 19.7 Å². The Kier molecular flexibility index (Phi) is 4.93. The number of hydrogen-bond acceptors (Lipinski definition) is 5. The van der Waals surface area contributed by atoms with Gasteiger partial charge < -0.3 is 15.0 Å². The molecule has 1 unspecified atom stereocenters. The molecular weight excluding hydrogens is 280 g/mol. The van der Waals surface area contributed by atoms with Crippen LogP contribution in [0, 0.1) is 0 Å². The van der Waals surface area contributed by atoms with E-state index in [-0.39, 0.29) is 17.6 Å². The fourth-order valence-corrected chi connectivity index (χ4v) is 2.06. The predicted octanol–water partition coefficient (Wildman–Crippen LogP) is 2.04. The lowest BCUT2D eigenvalue weighted by Gasteiger charge is -2.17. The molecule has 0 aliphatic heterocycles. The summed E-state index contributed by atoms with van der Waals surface area (Å²) < 4.78 is 5.31. The average Bonchev–Trinajstić information content (AvgIpc) is 2.54. The van der Waals surface area contributed by atoms with Crippen molar-refractivity contribution in [3.63, 3.8) is 0 Å². The van der Waals surface area contributed by atoms with Crippen molar-refractivity contribution in [3.05, 3.63) is 47.7 Å². The Morgan fingerprint density at radius 1 is 1.18 bits per heavy atom. The van der Waals surface area contributed by atoms with E-state index in [1.54, 1.807) is 19.2 Å². The first kappa shape index (κ1) is 15.8. The molecule has 1 aromatic carbocycles. The molecule has 0 bridgehead atoms. The molecule has 0 radical (unpaired) electrons. The van der Waals surface area contributed by atoms with E-state index in [2.05, 4.69) is 15.5 Å². The summed E-state index contributed by atoms with van der Waals surface area (Å²) in [5.41, 5.74) is 1.20. The highest BCUT2D eigenvalue weighted by atomic mass is 16.5. The van der Waals surface area contributed by atoms with Gasteiger partial charge in [0.05, 0.1) is 13.2 Å². The van der Waals surface area contributed by atoms with Gasteiger partial charge in [-0.05, 0) is 25.1 Å². The number of nitrogens with zero attached hydrogens (tertiary/aromatic N) is 3. The van der Waals surface area contributed by atoms with Crippen molar-refractivity contribution in [2.24, 2.45) is 0 Å². The van der Waals surface area contributed by atoms with E-state index >= 15 is 0 Å². The van der Waals surface area contributed by atoms with Crippen LogP contribution in [0.1, 0.15) is 29.0 Å². The molecule has 0 aliphatic carbocycles. The number of aromatic nitrogens is 2. The third-order valence-electron chi connectivity index (χ3n) is 3.29. The maximum Gasteiger partial charge on any atom is 0.272 e. The van der Waals surface area contributed by atoms with Gasteiger partial charge in [0.15, 0.2) is 11.5 Å². The van der Waals surface area contributed by atoms with Crippen LogP contribution in [0.5, 0.6) is 5.75 Å². The molecule has 1 aromatic heterocycles. The fraction of sp³-hybridized carbons (Fsp3) is 0.312. The van der Waals surface area contributed by atoms with Gasteiger partial charge >= 0.3 is 0 Å². The quantitative estimate of drug-likeness (QED) is 0.915. The number of benzene rings is 1. The second-order valence-corrected chi connectivity index (χ2v) is 5.11. The lowest BCUT2D eigenvalue weighted by molar-refractivity contribution is 0.0933. The van der Waals surface area contributed by atoms with E-state index < -0.39 is 0 Å². The van der Waals surface area contributed by atoms with E-state index in [0.29, 0.717) is 5.82 Å². The van der Waals surface area contributed by atoms with E-state index in [0.717, 1.165) is 11.3 Å². The Morgan fingerprint density at radius 3 is 2.50 bits per heavy atom. The van der Waals surface area contributed by atoms with E-state index in [1.165, 1.54) is 0 Å². The summed E-state index contributed by atoms with van der Waals surface area (Å²) in [7, 11) is 5.35. The summed E-state index contributed by atoms with van der Waals surface area (Å²) >= 11 is 0. The number of anilines is 1. The second kappa shape index (κ2) is 6.89. The van der Waals surface area contributed by atoms with Crippen molar-refractivity contribution in [2.45, 2.75) is 13.0 Å².